The smallest absolute Gasteiger partial charge is 0.187 e. The number of aldehydes is 1. The summed E-state index contributed by atoms with van der Waals surface area (Å²) >= 11 is 0. The molecule has 8 rings (SSSR count). The van der Waals surface area contributed by atoms with E-state index in [0.29, 0.717) is 38.5 Å². The molecule has 8 fully saturated rings. The van der Waals surface area contributed by atoms with Crippen molar-refractivity contribution in [3.63, 3.8) is 0 Å². The van der Waals surface area contributed by atoms with Gasteiger partial charge in [-0.1, -0.05) is 39.3 Å². The molecule has 0 aromatic heterocycles. The molecule has 420 valence electrons. The topological polar surface area (TPSA) is 334 Å². The Morgan fingerprint density at radius 1 is 0.644 bits per heavy atom. The second-order valence-corrected chi connectivity index (χ2v) is 24.4. The minimum atomic E-state index is -1.76. The molecule has 4 saturated carbocycles. The lowest BCUT2D eigenvalue weighted by atomic mass is 9.35. The van der Waals surface area contributed by atoms with Gasteiger partial charge in [-0.05, 0) is 125 Å². The third-order valence-electron chi connectivity index (χ3n) is 19.9. The molecule has 4 saturated heterocycles. The van der Waals surface area contributed by atoms with Crippen molar-refractivity contribution >= 4 is 6.29 Å². The minimum Gasteiger partial charge on any atom is -0.394 e. The summed E-state index contributed by atoms with van der Waals surface area (Å²) in [6.07, 6.45) is -17.8. The van der Waals surface area contributed by atoms with Gasteiger partial charge in [-0.3, -0.25) is 0 Å². The van der Waals surface area contributed by atoms with Crippen LogP contribution in [-0.4, -0.2) is 216 Å². The summed E-state index contributed by atoms with van der Waals surface area (Å²) in [5.74, 6) is -0.385. The molecule has 21 heteroatoms. The third-order valence-corrected chi connectivity index (χ3v) is 19.9. The highest BCUT2D eigenvalue weighted by molar-refractivity contribution is 5.62. The van der Waals surface area contributed by atoms with Crippen LogP contribution in [0.25, 0.3) is 0 Å². The molecule has 21 nitrogen and oxygen atoms in total. The number of ether oxygens (including phenoxy) is 8. The first kappa shape index (κ1) is 57.8. The Bertz CT molecular complexity index is 1900. The molecule has 0 radical (unpaired) electrons. The lowest BCUT2D eigenvalue weighted by Crippen LogP contribution is -2.67. The van der Waals surface area contributed by atoms with E-state index in [1.165, 1.54) is 13.2 Å². The van der Waals surface area contributed by atoms with Gasteiger partial charge in [-0.2, -0.15) is 0 Å². The summed E-state index contributed by atoms with van der Waals surface area (Å²) in [6.45, 7) is 12.7. The van der Waals surface area contributed by atoms with Crippen LogP contribution in [0.15, 0.2) is 11.6 Å². The molecule has 12 N–H and O–H groups in total. The van der Waals surface area contributed by atoms with Gasteiger partial charge >= 0.3 is 0 Å². The lowest BCUT2D eigenvalue weighted by Gasteiger charge is -2.69. The number of aliphatic hydroxyl groups is 12. The average molecular weight is 1050 g/mol. The Morgan fingerprint density at radius 2 is 1.27 bits per heavy atom. The van der Waals surface area contributed by atoms with Gasteiger partial charge in [-0.15, -0.1) is 0 Å². The molecule has 0 unspecified atom stereocenters. The van der Waals surface area contributed by atoms with Crippen LogP contribution >= 0.6 is 0 Å². The first-order valence-corrected chi connectivity index (χ1v) is 26.7. The Hall–Kier alpha value is -1.39. The van der Waals surface area contributed by atoms with Crippen LogP contribution < -0.4 is 0 Å². The van der Waals surface area contributed by atoms with E-state index in [0.717, 1.165) is 31.3 Å². The molecule has 0 aromatic carbocycles. The van der Waals surface area contributed by atoms with Crippen molar-refractivity contribution in [3.05, 3.63) is 11.6 Å². The van der Waals surface area contributed by atoms with Crippen LogP contribution in [-0.2, 0) is 42.7 Å². The number of hydrogen-bond donors (Lipinski definition) is 12. The summed E-state index contributed by atoms with van der Waals surface area (Å²) in [7, 11) is 0. The molecule has 0 bridgehead atoms. The second kappa shape index (κ2) is 22.0. The first-order valence-electron chi connectivity index (χ1n) is 26.7. The molecule has 4 heterocycles. The Labute approximate surface area is 427 Å². The SMILES string of the molecule is CC(C)=CCC[C@@](O)(CO[C@@H]1O[C@H](CO)[C@@H](O)[C@H](O)[C@H]1O)[C@H]1CC[C@]2(C)[C@@H]1CC[C@@H]1[C@@]3(C=O)CC[C@H](O[C@@H]4OC[C@H](O)[C@H](O[C@@H]5OC[C@@H](O)[C@H](O)[C@H]5O)[C@H]4O[C@@H]4O[C@H](C)[C@@H](O)[C@H](O)[C@@H]4O)C(C)(C)[C@@H]3CC[C@]12C. The molecule has 0 aromatic rings. The summed E-state index contributed by atoms with van der Waals surface area (Å²) in [5, 5.41) is 130. The predicted octanol–water partition coefficient (Wildman–Crippen LogP) is -0.716. The fraction of sp³-hybridized carbons (Fsp3) is 0.942. The standard InChI is InChI=1S/C52H86O21/c1-24(2)9-8-15-52(65,23-68-45-40(63)38(61)36(59)30(19-53)70-45)27-12-16-49(6)26(27)10-11-32-50(49,7)17-13-31-48(4,5)33(14-18-51(31,32)22-54)71-47-43(73-46-41(64)37(60)34(57)25(3)69-46)42(29(56)21-67-47)72-44-39(62)35(58)28(55)20-66-44/h9,22,25-47,53,55-65H,8,10-21,23H2,1-7H3/t25-,26-,27+,28-,29+,30-,31+,32+,33+,34-,35+,36-,37+,38+,39-,40-,41+,42+,43-,44+,45-,46+,47+,49-,50-,51-,52-/m1/s1. The maximum atomic E-state index is 14.1. The molecular weight excluding hydrogens is 961 g/mol. The van der Waals surface area contributed by atoms with Crippen molar-refractivity contribution in [3.8, 4) is 0 Å². The number of fused-ring (bicyclic) bond motifs is 5. The van der Waals surface area contributed by atoms with Crippen molar-refractivity contribution in [2.75, 3.05) is 26.4 Å². The molecule has 8 aliphatic rings. The maximum absolute atomic E-state index is 14.1. The summed E-state index contributed by atoms with van der Waals surface area (Å²) < 4.78 is 48.7. The van der Waals surface area contributed by atoms with Crippen molar-refractivity contribution in [2.24, 2.45) is 45.3 Å². The quantitative estimate of drug-likeness (QED) is 0.0547. The second-order valence-electron chi connectivity index (χ2n) is 24.4. The van der Waals surface area contributed by atoms with E-state index in [1.807, 2.05) is 13.8 Å². The van der Waals surface area contributed by atoms with E-state index in [4.69, 9.17) is 37.9 Å². The number of rotatable bonds is 15. The van der Waals surface area contributed by atoms with Crippen LogP contribution in [0.2, 0.25) is 0 Å². The molecule has 0 spiro atoms. The summed E-state index contributed by atoms with van der Waals surface area (Å²) in [6, 6.07) is 0. The van der Waals surface area contributed by atoms with Crippen LogP contribution in [0.5, 0.6) is 0 Å². The summed E-state index contributed by atoms with van der Waals surface area (Å²) in [5.41, 5.74) is -2.36. The van der Waals surface area contributed by atoms with Gasteiger partial charge < -0.3 is 104 Å². The van der Waals surface area contributed by atoms with Crippen LogP contribution in [0.1, 0.15) is 113 Å². The van der Waals surface area contributed by atoms with Gasteiger partial charge in [0.2, 0.25) is 0 Å². The Balaban J connectivity index is 1.03. The highest BCUT2D eigenvalue weighted by atomic mass is 16.8. The molecule has 73 heavy (non-hydrogen) atoms. The van der Waals surface area contributed by atoms with E-state index in [9.17, 15) is 66.1 Å². The molecule has 0 amide bonds. The molecule has 4 aliphatic carbocycles. The highest BCUT2D eigenvalue weighted by Gasteiger charge is 2.71. The van der Waals surface area contributed by atoms with Crippen molar-refractivity contribution in [1.29, 1.82) is 0 Å². The van der Waals surface area contributed by atoms with E-state index >= 15 is 0 Å². The Morgan fingerprint density at radius 3 is 1.96 bits per heavy atom. The van der Waals surface area contributed by atoms with Gasteiger partial charge in [-0.25, -0.2) is 0 Å². The van der Waals surface area contributed by atoms with Gasteiger partial charge in [0.25, 0.3) is 0 Å². The molecular formula is C52H86O21. The largest absolute Gasteiger partial charge is 0.394 e. The van der Waals surface area contributed by atoms with Crippen molar-refractivity contribution < 1.29 is 104 Å². The minimum absolute atomic E-state index is 0.0277. The van der Waals surface area contributed by atoms with E-state index in [1.54, 1.807) is 0 Å². The third kappa shape index (κ3) is 10.2. The summed E-state index contributed by atoms with van der Waals surface area (Å²) in [4.78, 5) is 14.1. The maximum Gasteiger partial charge on any atom is 0.187 e. The zero-order valence-corrected chi connectivity index (χ0v) is 43.4. The van der Waals surface area contributed by atoms with Crippen LogP contribution in [0.3, 0.4) is 0 Å². The zero-order chi connectivity index (χ0) is 53.3. The van der Waals surface area contributed by atoms with Crippen LogP contribution in [0.4, 0.5) is 0 Å². The van der Waals surface area contributed by atoms with Crippen LogP contribution in [0, 0.1) is 45.3 Å². The fourth-order valence-corrected chi connectivity index (χ4v) is 15.4. The van der Waals surface area contributed by atoms with Gasteiger partial charge in [0.15, 0.2) is 25.2 Å². The highest BCUT2D eigenvalue weighted by Crippen LogP contribution is 2.75. The number of carbonyl (C=O) groups is 1. The van der Waals surface area contributed by atoms with Crippen molar-refractivity contribution in [2.45, 2.75) is 235 Å². The van der Waals surface area contributed by atoms with E-state index in [-0.39, 0.29) is 47.7 Å². The normalized spacial score (nSPS) is 51.7. The fourth-order valence-electron chi connectivity index (χ4n) is 15.4. The number of hydrogen-bond acceptors (Lipinski definition) is 21. The molecule has 27 atom stereocenters. The van der Waals surface area contributed by atoms with Gasteiger partial charge in [0.1, 0.15) is 85.6 Å². The van der Waals surface area contributed by atoms with Gasteiger partial charge in [0.05, 0.1) is 44.2 Å². The number of carbonyl (C=O) groups excluding carboxylic acids is 1. The predicted molar refractivity (Wildman–Crippen MR) is 253 cm³/mol. The lowest BCUT2D eigenvalue weighted by molar-refractivity contribution is -0.383. The zero-order valence-electron chi connectivity index (χ0n) is 43.4. The Kier molecular flexibility index (Phi) is 17.4. The number of aliphatic hydroxyl groups excluding tert-OH is 11. The van der Waals surface area contributed by atoms with Crippen molar-refractivity contribution in [1.82, 2.24) is 0 Å². The average Bonchev–Trinajstić information content (AvgIpc) is 3.72. The molecule has 4 aliphatic heterocycles. The number of allylic oxidation sites excluding steroid dienone is 2. The first-order chi connectivity index (χ1) is 34.3. The van der Waals surface area contributed by atoms with Gasteiger partial charge in [0, 0.05) is 5.41 Å². The van der Waals surface area contributed by atoms with E-state index in [2.05, 4.69) is 33.8 Å². The monoisotopic (exact) mass is 1050 g/mol. The van der Waals surface area contributed by atoms with E-state index < -0.39 is 146 Å².